The molecule has 1 unspecified atom stereocenters. The predicted octanol–water partition coefficient (Wildman–Crippen LogP) is 1.60. The van der Waals surface area contributed by atoms with Crippen molar-refractivity contribution >= 4 is 6.09 Å². The molecule has 0 aliphatic carbocycles. The third-order valence-electron chi connectivity index (χ3n) is 2.27. The Morgan fingerprint density at radius 2 is 2.38 bits per heavy atom. The summed E-state index contributed by atoms with van der Waals surface area (Å²) in [5, 5.41) is 0. The van der Waals surface area contributed by atoms with Gasteiger partial charge >= 0.3 is 6.09 Å². The van der Waals surface area contributed by atoms with Gasteiger partial charge in [0.15, 0.2) is 0 Å². The fourth-order valence-electron chi connectivity index (χ4n) is 1.55. The quantitative estimate of drug-likeness (QED) is 0.671. The molecule has 1 fully saturated rings. The molecule has 76 valence electrons. The van der Waals surface area contributed by atoms with Gasteiger partial charge in [0.1, 0.15) is 12.8 Å². The van der Waals surface area contributed by atoms with Gasteiger partial charge < -0.3 is 9.47 Å². The zero-order valence-electron chi connectivity index (χ0n) is 8.45. The third kappa shape index (κ3) is 2.12. The van der Waals surface area contributed by atoms with Crippen molar-refractivity contribution in [2.24, 2.45) is 0 Å². The molecule has 0 saturated carbocycles. The van der Waals surface area contributed by atoms with Crippen LogP contribution in [0.15, 0.2) is 0 Å². The summed E-state index contributed by atoms with van der Waals surface area (Å²) >= 11 is 0. The molecule has 1 rings (SSSR count). The van der Waals surface area contributed by atoms with E-state index in [0.29, 0.717) is 13.2 Å². The molecule has 0 aromatic rings. The van der Waals surface area contributed by atoms with Crippen molar-refractivity contribution in [2.45, 2.75) is 39.5 Å². The number of hydrogen-bond donors (Lipinski definition) is 0. The molecular formula is C9H17NO3. The second-order valence-electron chi connectivity index (χ2n) is 3.10. The van der Waals surface area contributed by atoms with Gasteiger partial charge in [-0.3, -0.25) is 4.90 Å². The van der Waals surface area contributed by atoms with Crippen LogP contribution in [0.3, 0.4) is 0 Å². The van der Waals surface area contributed by atoms with Gasteiger partial charge in [0, 0.05) is 6.61 Å². The molecule has 1 aliphatic rings. The van der Waals surface area contributed by atoms with Gasteiger partial charge in [0.05, 0.1) is 6.04 Å². The molecule has 13 heavy (non-hydrogen) atoms. The summed E-state index contributed by atoms with van der Waals surface area (Å²) in [6.45, 7) is 6.93. The van der Waals surface area contributed by atoms with Crippen molar-refractivity contribution in [1.29, 1.82) is 0 Å². The Labute approximate surface area is 78.8 Å². The zero-order chi connectivity index (χ0) is 9.84. The molecule has 1 aliphatic heterocycles. The molecule has 1 amide bonds. The fourth-order valence-corrected chi connectivity index (χ4v) is 1.55. The minimum Gasteiger partial charge on any atom is -0.447 e. The van der Waals surface area contributed by atoms with Gasteiger partial charge in [-0.15, -0.1) is 0 Å². The first-order valence-electron chi connectivity index (χ1n) is 4.77. The van der Waals surface area contributed by atoms with E-state index in [-0.39, 0.29) is 18.4 Å². The summed E-state index contributed by atoms with van der Waals surface area (Å²) in [4.78, 5) is 13.0. The van der Waals surface area contributed by atoms with E-state index in [1.54, 1.807) is 4.90 Å². The smallest absolute Gasteiger partial charge is 0.412 e. The van der Waals surface area contributed by atoms with E-state index in [4.69, 9.17) is 9.47 Å². The lowest BCUT2D eigenvalue weighted by molar-refractivity contribution is -0.0281. The number of amides is 1. The van der Waals surface area contributed by atoms with Crippen LogP contribution in [0.5, 0.6) is 0 Å². The maximum absolute atomic E-state index is 11.3. The monoisotopic (exact) mass is 187 g/mol. The number of carbonyl (C=O) groups is 1. The lowest BCUT2D eigenvalue weighted by Crippen LogP contribution is -2.41. The highest BCUT2D eigenvalue weighted by Gasteiger charge is 2.35. The Morgan fingerprint density at radius 3 is 2.92 bits per heavy atom. The summed E-state index contributed by atoms with van der Waals surface area (Å²) in [6, 6.07) is 0.175. The lowest BCUT2D eigenvalue weighted by atomic mass is 10.2. The van der Waals surface area contributed by atoms with E-state index in [1.165, 1.54) is 0 Å². The third-order valence-corrected chi connectivity index (χ3v) is 2.27. The van der Waals surface area contributed by atoms with Gasteiger partial charge in [-0.25, -0.2) is 4.79 Å². The molecule has 1 saturated heterocycles. The molecule has 0 N–H and O–H groups in total. The molecule has 0 aromatic heterocycles. The second-order valence-corrected chi connectivity index (χ2v) is 3.10. The Balaban J connectivity index is 2.57. The Hall–Kier alpha value is -0.770. The minimum atomic E-state index is -0.257. The van der Waals surface area contributed by atoms with Crippen LogP contribution in [0, 0.1) is 0 Å². The van der Waals surface area contributed by atoms with E-state index in [2.05, 4.69) is 0 Å². The van der Waals surface area contributed by atoms with Crippen LogP contribution in [0.1, 0.15) is 27.2 Å². The molecule has 1 heterocycles. The van der Waals surface area contributed by atoms with Crippen LogP contribution >= 0.6 is 0 Å². The average Bonchev–Trinajstić information content (AvgIpc) is 2.47. The summed E-state index contributed by atoms with van der Waals surface area (Å²) in [5.41, 5.74) is 0. The van der Waals surface area contributed by atoms with Crippen molar-refractivity contribution < 1.29 is 14.3 Å². The SMILES string of the molecule is CCOC(C)N1C(=O)OC[C@H]1CC. The molecule has 0 bridgehead atoms. The maximum Gasteiger partial charge on any atom is 0.412 e. The highest BCUT2D eigenvalue weighted by molar-refractivity contribution is 5.70. The van der Waals surface area contributed by atoms with Crippen molar-refractivity contribution in [1.82, 2.24) is 4.90 Å². The first kappa shape index (κ1) is 10.3. The second kappa shape index (κ2) is 4.46. The Kier molecular flexibility index (Phi) is 3.54. The van der Waals surface area contributed by atoms with Crippen LogP contribution in [-0.2, 0) is 9.47 Å². The van der Waals surface area contributed by atoms with Crippen LogP contribution in [-0.4, -0.2) is 36.5 Å². The summed E-state index contributed by atoms with van der Waals surface area (Å²) in [7, 11) is 0. The minimum absolute atomic E-state index is 0.175. The first-order valence-corrected chi connectivity index (χ1v) is 4.77. The lowest BCUT2D eigenvalue weighted by Gasteiger charge is -2.26. The first-order chi connectivity index (χ1) is 6.20. The van der Waals surface area contributed by atoms with E-state index >= 15 is 0 Å². The van der Waals surface area contributed by atoms with Crippen LogP contribution in [0.2, 0.25) is 0 Å². The van der Waals surface area contributed by atoms with Crippen molar-refractivity contribution in [3.63, 3.8) is 0 Å². The predicted molar refractivity (Wildman–Crippen MR) is 48.4 cm³/mol. The topological polar surface area (TPSA) is 38.8 Å². The normalized spacial score (nSPS) is 24.7. The molecule has 0 spiro atoms. The van der Waals surface area contributed by atoms with Crippen LogP contribution < -0.4 is 0 Å². The number of ether oxygens (including phenoxy) is 2. The van der Waals surface area contributed by atoms with Crippen molar-refractivity contribution in [3.05, 3.63) is 0 Å². The number of rotatable bonds is 4. The van der Waals surface area contributed by atoms with Gasteiger partial charge in [-0.2, -0.15) is 0 Å². The van der Waals surface area contributed by atoms with Gasteiger partial charge in [-0.05, 0) is 20.3 Å². The summed E-state index contributed by atoms with van der Waals surface area (Å²) < 4.78 is 10.3. The van der Waals surface area contributed by atoms with E-state index in [9.17, 15) is 4.79 Å². The summed E-state index contributed by atoms with van der Waals surface area (Å²) in [5.74, 6) is 0. The van der Waals surface area contributed by atoms with E-state index in [0.717, 1.165) is 6.42 Å². The number of carbonyl (C=O) groups excluding carboxylic acids is 1. The van der Waals surface area contributed by atoms with E-state index in [1.807, 2.05) is 20.8 Å². The molecule has 0 aromatic carbocycles. The van der Waals surface area contributed by atoms with Gasteiger partial charge in [0.25, 0.3) is 0 Å². The number of cyclic esters (lactones) is 1. The highest BCUT2D eigenvalue weighted by atomic mass is 16.6. The number of hydrogen-bond acceptors (Lipinski definition) is 3. The van der Waals surface area contributed by atoms with Crippen LogP contribution in [0.4, 0.5) is 4.79 Å². The Morgan fingerprint density at radius 1 is 1.69 bits per heavy atom. The zero-order valence-corrected chi connectivity index (χ0v) is 8.45. The fraction of sp³-hybridized carbons (Fsp3) is 0.889. The average molecular weight is 187 g/mol. The molecule has 4 heteroatoms. The van der Waals surface area contributed by atoms with E-state index < -0.39 is 0 Å². The highest BCUT2D eigenvalue weighted by Crippen LogP contribution is 2.18. The summed E-state index contributed by atoms with van der Waals surface area (Å²) in [6.07, 6.45) is 0.473. The molecular weight excluding hydrogens is 170 g/mol. The molecule has 0 radical (unpaired) electrons. The number of nitrogens with zero attached hydrogens (tertiary/aromatic N) is 1. The Bertz CT molecular complexity index is 184. The van der Waals surface area contributed by atoms with Crippen molar-refractivity contribution in [2.75, 3.05) is 13.2 Å². The molecule has 4 nitrogen and oxygen atoms in total. The largest absolute Gasteiger partial charge is 0.447 e. The van der Waals surface area contributed by atoms with Crippen molar-refractivity contribution in [3.8, 4) is 0 Å². The maximum atomic E-state index is 11.3. The van der Waals surface area contributed by atoms with Gasteiger partial charge in [-0.1, -0.05) is 6.92 Å². The molecule has 2 atom stereocenters. The standard InChI is InChI=1S/C9H17NO3/c1-4-8-6-13-9(11)10(8)7(3)12-5-2/h7-8H,4-6H2,1-3H3/t7?,8-/m1/s1. The van der Waals surface area contributed by atoms with Crippen LogP contribution in [0.25, 0.3) is 0 Å². The van der Waals surface area contributed by atoms with Gasteiger partial charge in [0.2, 0.25) is 0 Å².